The Morgan fingerprint density at radius 1 is 0.773 bits per heavy atom. The minimum absolute atomic E-state index is 0.370. The van der Waals surface area contributed by atoms with E-state index >= 15 is 0 Å². The van der Waals surface area contributed by atoms with Gasteiger partial charge in [0.05, 0.1) is 21.8 Å². The largest absolute Gasteiger partial charge is 0.385 e. The topological polar surface area (TPSA) is 60.7 Å². The normalized spacial score (nSPS) is 20.1. The van der Waals surface area contributed by atoms with Crippen LogP contribution in [-0.2, 0) is 16.8 Å². The number of hydrogen-bond acceptors (Lipinski definition) is 3. The second kappa shape index (κ2) is 6.48. The van der Waals surface area contributed by atoms with Crippen LogP contribution < -0.4 is 0 Å². The van der Waals surface area contributed by atoms with Crippen LogP contribution in [0.15, 0.2) is 12.1 Å². The van der Waals surface area contributed by atoms with E-state index in [2.05, 4.69) is 0 Å². The van der Waals surface area contributed by atoms with Gasteiger partial charge in [0.25, 0.3) is 0 Å². The van der Waals surface area contributed by atoms with E-state index in [1.165, 1.54) is 0 Å². The van der Waals surface area contributed by atoms with Crippen molar-refractivity contribution in [3.63, 3.8) is 0 Å². The Balaban J connectivity index is 3.73. The lowest BCUT2D eigenvalue weighted by atomic mass is 9.81. The lowest BCUT2D eigenvalue weighted by Crippen LogP contribution is -2.28. The molecule has 3 N–H and O–H groups in total. The molecule has 0 aliphatic heterocycles. The first-order valence-electron chi connectivity index (χ1n) is 7.95. The van der Waals surface area contributed by atoms with Crippen molar-refractivity contribution in [2.24, 2.45) is 0 Å². The first-order chi connectivity index (χ1) is 9.93. The third-order valence-corrected chi connectivity index (χ3v) is 5.33. The van der Waals surface area contributed by atoms with Gasteiger partial charge in [0.1, 0.15) is 0 Å². The molecule has 1 aromatic rings. The van der Waals surface area contributed by atoms with Gasteiger partial charge in [-0.3, -0.25) is 0 Å². The summed E-state index contributed by atoms with van der Waals surface area (Å²) < 4.78 is 0. The smallest absolute Gasteiger partial charge is 0.0880 e. The molecule has 1 rings (SSSR count). The molecule has 0 spiro atoms. The molecule has 3 nitrogen and oxygen atoms in total. The molecule has 0 aromatic heterocycles. The third-order valence-electron chi connectivity index (χ3n) is 4.92. The van der Waals surface area contributed by atoms with Crippen LogP contribution in [0.1, 0.15) is 77.5 Å². The fraction of sp³-hybridized carbons (Fsp3) is 0.667. The zero-order valence-electron chi connectivity index (χ0n) is 14.5. The summed E-state index contributed by atoms with van der Waals surface area (Å²) in [6, 6.07) is 3.51. The van der Waals surface area contributed by atoms with E-state index in [9.17, 15) is 15.3 Å². The third kappa shape index (κ3) is 3.65. The first kappa shape index (κ1) is 19.4. The molecule has 3 unspecified atom stereocenters. The Morgan fingerprint density at radius 3 is 1.36 bits per heavy atom. The molecule has 0 radical (unpaired) electrons. The van der Waals surface area contributed by atoms with Crippen molar-refractivity contribution >= 4 is 11.6 Å². The molecule has 0 bridgehead atoms. The van der Waals surface area contributed by atoms with E-state index in [4.69, 9.17) is 11.6 Å². The van der Waals surface area contributed by atoms with Crippen LogP contribution >= 0.6 is 11.6 Å². The second-order valence-corrected chi connectivity index (χ2v) is 7.15. The van der Waals surface area contributed by atoms with Gasteiger partial charge in [-0.05, 0) is 57.7 Å². The number of aliphatic hydroxyl groups is 3. The predicted molar refractivity (Wildman–Crippen MR) is 91.0 cm³/mol. The van der Waals surface area contributed by atoms with Gasteiger partial charge in [-0.25, -0.2) is 0 Å². The molecule has 0 aliphatic carbocycles. The molecular weight excluding hydrogens is 300 g/mol. The fourth-order valence-corrected chi connectivity index (χ4v) is 2.82. The van der Waals surface area contributed by atoms with Crippen molar-refractivity contribution in [1.82, 2.24) is 0 Å². The molecule has 4 heteroatoms. The van der Waals surface area contributed by atoms with Gasteiger partial charge in [-0.2, -0.15) is 0 Å². The maximum Gasteiger partial charge on any atom is 0.0880 e. The van der Waals surface area contributed by atoms with E-state index in [-0.39, 0.29) is 0 Å². The summed E-state index contributed by atoms with van der Waals surface area (Å²) in [7, 11) is 0. The van der Waals surface area contributed by atoms with Gasteiger partial charge in [0, 0.05) is 11.1 Å². The molecule has 0 fully saturated rings. The lowest BCUT2D eigenvalue weighted by molar-refractivity contribution is 0.0398. The minimum Gasteiger partial charge on any atom is -0.385 e. The second-order valence-electron chi connectivity index (χ2n) is 6.77. The number of hydrogen-bond donors (Lipinski definition) is 3. The summed E-state index contributed by atoms with van der Waals surface area (Å²) in [5, 5.41) is 32.3. The molecule has 0 amide bonds. The van der Waals surface area contributed by atoms with Crippen LogP contribution in [0.5, 0.6) is 0 Å². The number of rotatable bonds is 6. The van der Waals surface area contributed by atoms with E-state index in [1.807, 2.05) is 20.8 Å². The van der Waals surface area contributed by atoms with Crippen molar-refractivity contribution in [2.45, 2.75) is 77.6 Å². The Bertz CT molecular complexity index is 496. The predicted octanol–water partition coefficient (Wildman–Crippen LogP) is 4.19. The quantitative estimate of drug-likeness (QED) is 0.733. The van der Waals surface area contributed by atoms with Gasteiger partial charge < -0.3 is 15.3 Å². The molecule has 0 aliphatic rings. The maximum absolute atomic E-state index is 10.7. The van der Waals surface area contributed by atoms with E-state index in [0.717, 1.165) is 0 Å². The monoisotopic (exact) mass is 328 g/mol. The molecular formula is C18H29ClO3. The zero-order chi connectivity index (χ0) is 17.3. The highest BCUT2D eigenvalue weighted by atomic mass is 35.5. The summed E-state index contributed by atoms with van der Waals surface area (Å²) >= 11 is 6.50. The molecule has 1 aromatic carbocycles. The van der Waals surface area contributed by atoms with Gasteiger partial charge in [-0.15, -0.1) is 0 Å². The molecule has 0 heterocycles. The number of halogens is 1. The molecule has 3 atom stereocenters. The van der Waals surface area contributed by atoms with Crippen molar-refractivity contribution < 1.29 is 15.3 Å². The lowest BCUT2D eigenvalue weighted by Gasteiger charge is -2.32. The average Bonchev–Trinajstić information content (AvgIpc) is 2.46. The first-order valence-corrected chi connectivity index (χ1v) is 8.32. The average molecular weight is 329 g/mol. The van der Waals surface area contributed by atoms with Crippen LogP contribution in [-0.4, -0.2) is 15.3 Å². The summed E-state index contributed by atoms with van der Waals surface area (Å²) in [6.45, 7) is 10.8. The minimum atomic E-state index is -1.12. The van der Waals surface area contributed by atoms with E-state index in [0.29, 0.717) is 41.0 Å². The SMILES string of the molecule is CCC(C)(O)c1cc(C(C)(O)CC)c(Cl)c(C(C)(O)CC)c1. The zero-order valence-corrected chi connectivity index (χ0v) is 15.3. The summed E-state index contributed by atoms with van der Waals surface area (Å²) in [6.07, 6.45) is 1.49. The van der Waals surface area contributed by atoms with Gasteiger partial charge >= 0.3 is 0 Å². The summed E-state index contributed by atoms with van der Waals surface area (Å²) in [5.74, 6) is 0. The Kier molecular flexibility index (Phi) is 5.73. The van der Waals surface area contributed by atoms with Crippen LogP contribution in [0, 0.1) is 0 Å². The molecule has 0 saturated carbocycles. The van der Waals surface area contributed by atoms with Crippen LogP contribution in [0.3, 0.4) is 0 Å². The van der Waals surface area contributed by atoms with Gasteiger partial charge in [0.2, 0.25) is 0 Å². The van der Waals surface area contributed by atoms with Crippen LogP contribution in [0.4, 0.5) is 0 Å². The Hall–Kier alpha value is -0.610. The number of benzene rings is 1. The van der Waals surface area contributed by atoms with Crippen molar-refractivity contribution in [2.75, 3.05) is 0 Å². The highest BCUT2D eigenvalue weighted by Gasteiger charge is 2.34. The van der Waals surface area contributed by atoms with E-state index in [1.54, 1.807) is 32.9 Å². The van der Waals surface area contributed by atoms with Gasteiger partial charge in [0.15, 0.2) is 0 Å². The molecule has 126 valence electrons. The van der Waals surface area contributed by atoms with Crippen molar-refractivity contribution in [3.8, 4) is 0 Å². The Morgan fingerprint density at radius 2 is 1.09 bits per heavy atom. The molecule has 22 heavy (non-hydrogen) atoms. The van der Waals surface area contributed by atoms with Crippen molar-refractivity contribution in [1.29, 1.82) is 0 Å². The van der Waals surface area contributed by atoms with Crippen LogP contribution in [0.2, 0.25) is 5.02 Å². The van der Waals surface area contributed by atoms with Gasteiger partial charge in [-0.1, -0.05) is 32.4 Å². The standard InChI is InChI=1S/C18H29ClO3/c1-7-16(4,20)12-10-13(17(5,21)8-2)15(19)14(11-12)18(6,22)9-3/h10-11,20-22H,7-9H2,1-6H3. The fourth-order valence-electron chi connectivity index (χ4n) is 2.30. The van der Waals surface area contributed by atoms with E-state index < -0.39 is 16.8 Å². The Labute approximate surface area is 138 Å². The summed E-state index contributed by atoms with van der Waals surface area (Å²) in [5.41, 5.74) is -1.52. The van der Waals surface area contributed by atoms with Crippen LogP contribution in [0.25, 0.3) is 0 Å². The maximum atomic E-state index is 10.7. The highest BCUT2D eigenvalue weighted by molar-refractivity contribution is 6.32. The highest BCUT2D eigenvalue weighted by Crippen LogP contribution is 2.41. The van der Waals surface area contributed by atoms with Crippen molar-refractivity contribution in [3.05, 3.63) is 33.8 Å². The molecule has 0 saturated heterocycles. The summed E-state index contributed by atoms with van der Waals surface area (Å²) in [4.78, 5) is 0.